The number of amides is 1. The van der Waals surface area contributed by atoms with Crippen LogP contribution in [-0.2, 0) is 13.1 Å². The second kappa shape index (κ2) is 8.97. The van der Waals surface area contributed by atoms with Crippen LogP contribution in [0.25, 0.3) is 10.9 Å². The van der Waals surface area contributed by atoms with E-state index >= 15 is 0 Å². The van der Waals surface area contributed by atoms with E-state index in [1.54, 1.807) is 42.7 Å². The Hall–Kier alpha value is -4.71. The standard InChI is InChI=1S/C23H17N5O4/c24-12-17-10-22(27-21-7-6-18(28(30)31)11-20(17)21)25-13-15-3-1-4-16(9-15)23(29)26-14-19-5-2-8-32-19/h1-11H,13-14H2,(H,25,27)(H,26,29). The van der Waals surface area contributed by atoms with Crippen molar-refractivity contribution >= 4 is 28.3 Å². The van der Waals surface area contributed by atoms with Gasteiger partial charge in [0.1, 0.15) is 11.6 Å². The summed E-state index contributed by atoms with van der Waals surface area (Å²) in [7, 11) is 0. The number of carbonyl (C=O) groups is 1. The highest BCUT2D eigenvalue weighted by atomic mass is 16.6. The summed E-state index contributed by atoms with van der Waals surface area (Å²) in [6, 6.07) is 18.5. The predicted molar refractivity (Wildman–Crippen MR) is 117 cm³/mol. The molecular weight excluding hydrogens is 410 g/mol. The Morgan fingerprint density at radius 1 is 1.12 bits per heavy atom. The smallest absolute Gasteiger partial charge is 0.270 e. The van der Waals surface area contributed by atoms with Crippen LogP contribution in [0.4, 0.5) is 11.5 Å². The van der Waals surface area contributed by atoms with E-state index in [0.717, 1.165) is 5.56 Å². The fraction of sp³-hybridized carbons (Fsp3) is 0.0870. The Kier molecular flexibility index (Phi) is 5.76. The van der Waals surface area contributed by atoms with Gasteiger partial charge in [-0.2, -0.15) is 5.26 Å². The monoisotopic (exact) mass is 427 g/mol. The number of hydrogen-bond donors (Lipinski definition) is 2. The summed E-state index contributed by atoms with van der Waals surface area (Å²) < 4.78 is 5.21. The summed E-state index contributed by atoms with van der Waals surface area (Å²) in [5.41, 5.74) is 2.02. The van der Waals surface area contributed by atoms with Gasteiger partial charge in [-0.1, -0.05) is 12.1 Å². The highest BCUT2D eigenvalue weighted by molar-refractivity contribution is 5.94. The third-order valence-corrected chi connectivity index (χ3v) is 4.79. The second-order valence-electron chi connectivity index (χ2n) is 6.94. The summed E-state index contributed by atoms with van der Waals surface area (Å²) in [5, 5.41) is 26.8. The lowest BCUT2D eigenvalue weighted by Gasteiger charge is -2.10. The molecule has 158 valence electrons. The topological polar surface area (TPSA) is 134 Å². The number of furan rings is 1. The van der Waals surface area contributed by atoms with Crippen LogP contribution >= 0.6 is 0 Å². The number of nitrogens with one attached hydrogen (secondary N) is 2. The van der Waals surface area contributed by atoms with E-state index in [4.69, 9.17) is 4.42 Å². The first-order valence-electron chi connectivity index (χ1n) is 9.66. The molecule has 0 unspecified atom stereocenters. The fourth-order valence-corrected chi connectivity index (χ4v) is 3.21. The quantitative estimate of drug-likeness (QED) is 0.334. The Labute approximate surface area is 182 Å². The van der Waals surface area contributed by atoms with Gasteiger partial charge in [0, 0.05) is 29.6 Å². The Bertz CT molecular complexity index is 1340. The molecule has 9 nitrogen and oxygen atoms in total. The zero-order chi connectivity index (χ0) is 22.5. The van der Waals surface area contributed by atoms with Crippen molar-refractivity contribution in [3.8, 4) is 6.07 Å². The van der Waals surface area contributed by atoms with E-state index in [1.807, 2.05) is 6.07 Å². The molecule has 0 bridgehead atoms. The number of non-ortho nitro benzene ring substituents is 1. The van der Waals surface area contributed by atoms with Gasteiger partial charge in [-0.05, 0) is 42.0 Å². The number of nitro groups is 1. The SMILES string of the molecule is N#Cc1cc(NCc2cccc(C(=O)NCc3ccco3)c2)nc2ccc([N+](=O)[O-])cc12. The molecule has 0 spiro atoms. The van der Waals surface area contributed by atoms with Crippen LogP contribution in [0.5, 0.6) is 0 Å². The highest BCUT2D eigenvalue weighted by Gasteiger charge is 2.12. The molecule has 4 aromatic rings. The van der Waals surface area contributed by atoms with Gasteiger partial charge in [0.05, 0.1) is 34.9 Å². The van der Waals surface area contributed by atoms with Crippen molar-refractivity contribution in [3.05, 3.63) is 99.5 Å². The lowest BCUT2D eigenvalue weighted by molar-refractivity contribution is -0.384. The number of nitrogens with zero attached hydrogens (tertiary/aromatic N) is 3. The van der Waals surface area contributed by atoms with Crippen molar-refractivity contribution in [2.75, 3.05) is 5.32 Å². The summed E-state index contributed by atoms with van der Waals surface area (Å²) >= 11 is 0. The maximum Gasteiger partial charge on any atom is 0.270 e. The third kappa shape index (κ3) is 4.55. The Balaban J connectivity index is 1.48. The lowest BCUT2D eigenvalue weighted by atomic mass is 10.1. The number of rotatable bonds is 7. The fourth-order valence-electron chi connectivity index (χ4n) is 3.21. The molecule has 2 aromatic carbocycles. The number of hydrogen-bond acceptors (Lipinski definition) is 7. The van der Waals surface area contributed by atoms with Crippen LogP contribution in [0.15, 0.2) is 71.3 Å². The minimum Gasteiger partial charge on any atom is -0.467 e. The normalized spacial score (nSPS) is 10.5. The van der Waals surface area contributed by atoms with Gasteiger partial charge in [-0.25, -0.2) is 4.98 Å². The van der Waals surface area contributed by atoms with Gasteiger partial charge in [0.2, 0.25) is 0 Å². The molecule has 2 aromatic heterocycles. The van der Waals surface area contributed by atoms with Crippen LogP contribution in [-0.4, -0.2) is 15.8 Å². The first-order chi connectivity index (χ1) is 15.5. The number of benzene rings is 2. The van der Waals surface area contributed by atoms with E-state index < -0.39 is 4.92 Å². The summed E-state index contributed by atoms with van der Waals surface area (Å²) in [4.78, 5) is 27.3. The second-order valence-corrected chi connectivity index (χ2v) is 6.94. The molecule has 0 aliphatic carbocycles. The zero-order valence-electron chi connectivity index (χ0n) is 16.7. The predicted octanol–water partition coefficient (Wildman–Crippen LogP) is 4.15. The Morgan fingerprint density at radius 3 is 2.75 bits per heavy atom. The van der Waals surface area contributed by atoms with Crippen molar-refractivity contribution in [2.45, 2.75) is 13.1 Å². The van der Waals surface area contributed by atoms with E-state index in [0.29, 0.717) is 41.1 Å². The lowest BCUT2D eigenvalue weighted by Crippen LogP contribution is -2.22. The average molecular weight is 427 g/mol. The summed E-state index contributed by atoms with van der Waals surface area (Å²) in [6.07, 6.45) is 1.55. The molecule has 2 N–H and O–H groups in total. The molecule has 0 fully saturated rings. The van der Waals surface area contributed by atoms with Crippen LogP contribution in [0, 0.1) is 21.4 Å². The Morgan fingerprint density at radius 2 is 2.00 bits per heavy atom. The molecule has 32 heavy (non-hydrogen) atoms. The molecule has 9 heteroatoms. The molecule has 0 aliphatic heterocycles. The number of carbonyl (C=O) groups excluding carboxylic acids is 1. The number of fused-ring (bicyclic) bond motifs is 1. The van der Waals surface area contributed by atoms with Crippen molar-refractivity contribution in [1.82, 2.24) is 10.3 Å². The van der Waals surface area contributed by atoms with Crippen molar-refractivity contribution < 1.29 is 14.1 Å². The van der Waals surface area contributed by atoms with Crippen molar-refractivity contribution in [1.29, 1.82) is 5.26 Å². The molecular formula is C23H17N5O4. The number of pyridine rings is 1. The molecule has 1 amide bonds. The van der Waals surface area contributed by atoms with Crippen molar-refractivity contribution in [3.63, 3.8) is 0 Å². The third-order valence-electron chi connectivity index (χ3n) is 4.79. The van der Waals surface area contributed by atoms with Crippen LogP contribution in [0.3, 0.4) is 0 Å². The minimum atomic E-state index is -0.509. The van der Waals surface area contributed by atoms with Crippen LogP contribution < -0.4 is 10.6 Å². The molecule has 0 saturated heterocycles. The van der Waals surface area contributed by atoms with E-state index in [-0.39, 0.29) is 17.2 Å². The van der Waals surface area contributed by atoms with Gasteiger partial charge in [0.25, 0.3) is 11.6 Å². The highest BCUT2D eigenvalue weighted by Crippen LogP contribution is 2.25. The van der Waals surface area contributed by atoms with E-state index in [1.165, 1.54) is 18.2 Å². The van der Waals surface area contributed by atoms with Gasteiger partial charge in [-0.15, -0.1) is 0 Å². The summed E-state index contributed by atoms with van der Waals surface area (Å²) in [5.74, 6) is 0.896. The number of nitro benzene ring substituents is 1. The van der Waals surface area contributed by atoms with Crippen molar-refractivity contribution in [2.24, 2.45) is 0 Å². The maximum atomic E-state index is 12.4. The molecule has 0 radical (unpaired) electrons. The molecule has 0 aliphatic rings. The minimum absolute atomic E-state index is 0.0985. The first kappa shape index (κ1) is 20.6. The van der Waals surface area contributed by atoms with Gasteiger partial charge in [-0.3, -0.25) is 14.9 Å². The average Bonchev–Trinajstić information content (AvgIpc) is 3.34. The van der Waals surface area contributed by atoms with Crippen LogP contribution in [0.2, 0.25) is 0 Å². The molecule has 0 saturated carbocycles. The van der Waals surface area contributed by atoms with E-state index in [2.05, 4.69) is 21.7 Å². The maximum absolute atomic E-state index is 12.4. The van der Waals surface area contributed by atoms with Gasteiger partial charge >= 0.3 is 0 Å². The first-order valence-corrected chi connectivity index (χ1v) is 9.66. The molecule has 4 rings (SSSR count). The number of aromatic nitrogens is 1. The summed E-state index contributed by atoms with van der Waals surface area (Å²) in [6.45, 7) is 0.667. The van der Waals surface area contributed by atoms with Gasteiger partial charge < -0.3 is 15.1 Å². The number of anilines is 1. The molecule has 2 heterocycles. The largest absolute Gasteiger partial charge is 0.467 e. The van der Waals surface area contributed by atoms with E-state index in [9.17, 15) is 20.2 Å². The van der Waals surface area contributed by atoms with Crippen LogP contribution in [0.1, 0.15) is 27.2 Å². The zero-order valence-corrected chi connectivity index (χ0v) is 16.7. The number of nitriles is 1. The molecule has 0 atom stereocenters. The van der Waals surface area contributed by atoms with Gasteiger partial charge in [0.15, 0.2) is 0 Å².